The van der Waals surface area contributed by atoms with Crippen LogP contribution in [0.4, 0.5) is 4.79 Å². The van der Waals surface area contributed by atoms with E-state index >= 15 is 0 Å². The molecule has 1 fully saturated rings. The fourth-order valence-corrected chi connectivity index (χ4v) is 3.25. The second kappa shape index (κ2) is 8.63. The van der Waals surface area contributed by atoms with E-state index in [1.165, 1.54) is 0 Å². The standard InChI is InChI=1S/C19H33N5O/c1-16(19(2,3)15-22(4)5)21-18(25)24-12-10-23(11-13-24)14-17-8-6-7-9-20-17/h6-9,16H,10-15H2,1-5H3,(H,21,25)/t16-/m1/s1. The Morgan fingerprint density at radius 3 is 2.52 bits per heavy atom. The number of amides is 2. The molecule has 1 N–H and O–H groups in total. The Morgan fingerprint density at radius 2 is 1.96 bits per heavy atom. The smallest absolute Gasteiger partial charge is 0.317 e. The Bertz CT molecular complexity index is 538. The Balaban J connectivity index is 1.79. The van der Waals surface area contributed by atoms with E-state index in [0.717, 1.165) is 45.0 Å². The van der Waals surface area contributed by atoms with Crippen LogP contribution in [0.3, 0.4) is 0 Å². The normalized spacial score (nSPS) is 17.6. The number of aromatic nitrogens is 1. The lowest BCUT2D eigenvalue weighted by molar-refractivity contribution is 0.123. The number of nitrogens with zero attached hydrogens (tertiary/aromatic N) is 4. The molecule has 0 aromatic carbocycles. The summed E-state index contributed by atoms with van der Waals surface area (Å²) in [5.74, 6) is 0. The number of rotatable bonds is 6. The first-order chi connectivity index (χ1) is 11.8. The van der Waals surface area contributed by atoms with Crippen molar-refractivity contribution in [2.75, 3.05) is 46.8 Å². The van der Waals surface area contributed by atoms with Gasteiger partial charge in [-0.15, -0.1) is 0 Å². The van der Waals surface area contributed by atoms with Crippen molar-refractivity contribution in [1.29, 1.82) is 0 Å². The van der Waals surface area contributed by atoms with E-state index in [4.69, 9.17) is 0 Å². The molecule has 0 bridgehead atoms. The van der Waals surface area contributed by atoms with Gasteiger partial charge in [0.15, 0.2) is 0 Å². The van der Waals surface area contributed by atoms with Crippen molar-refractivity contribution in [3.8, 4) is 0 Å². The fourth-order valence-electron chi connectivity index (χ4n) is 3.25. The SMILES string of the molecule is C[C@@H](NC(=O)N1CCN(Cc2ccccn2)CC1)C(C)(C)CN(C)C. The molecular weight excluding hydrogens is 314 g/mol. The van der Waals surface area contributed by atoms with E-state index < -0.39 is 0 Å². The number of carbonyl (C=O) groups excluding carboxylic acids is 1. The second-order valence-electron chi connectivity index (χ2n) is 7.98. The van der Waals surface area contributed by atoms with Crippen molar-refractivity contribution in [2.45, 2.75) is 33.4 Å². The molecule has 1 saturated heterocycles. The quantitative estimate of drug-likeness (QED) is 0.854. The highest BCUT2D eigenvalue weighted by Gasteiger charge is 2.30. The Labute approximate surface area is 152 Å². The molecule has 0 saturated carbocycles. The van der Waals surface area contributed by atoms with Crippen molar-refractivity contribution in [3.05, 3.63) is 30.1 Å². The molecule has 1 aromatic rings. The molecule has 25 heavy (non-hydrogen) atoms. The highest BCUT2D eigenvalue weighted by Crippen LogP contribution is 2.21. The minimum atomic E-state index is 0.0277. The maximum absolute atomic E-state index is 12.6. The van der Waals surface area contributed by atoms with E-state index in [-0.39, 0.29) is 17.5 Å². The van der Waals surface area contributed by atoms with Crippen molar-refractivity contribution in [1.82, 2.24) is 25.0 Å². The van der Waals surface area contributed by atoms with E-state index in [2.05, 4.69) is 55.0 Å². The molecule has 0 unspecified atom stereocenters. The number of carbonyl (C=O) groups is 1. The Hall–Kier alpha value is -1.66. The van der Waals surface area contributed by atoms with Gasteiger partial charge in [0.2, 0.25) is 0 Å². The zero-order valence-electron chi connectivity index (χ0n) is 16.3. The van der Waals surface area contributed by atoms with Crippen LogP contribution < -0.4 is 5.32 Å². The van der Waals surface area contributed by atoms with Gasteiger partial charge in [-0.3, -0.25) is 9.88 Å². The zero-order chi connectivity index (χ0) is 18.4. The summed E-state index contributed by atoms with van der Waals surface area (Å²) in [5, 5.41) is 3.19. The summed E-state index contributed by atoms with van der Waals surface area (Å²) in [7, 11) is 4.13. The predicted octanol–water partition coefficient (Wildman–Crippen LogP) is 1.89. The Morgan fingerprint density at radius 1 is 1.28 bits per heavy atom. The molecule has 2 rings (SSSR count). The van der Waals surface area contributed by atoms with E-state index in [9.17, 15) is 4.79 Å². The topological polar surface area (TPSA) is 51.7 Å². The lowest BCUT2D eigenvalue weighted by Crippen LogP contribution is -2.55. The third-order valence-electron chi connectivity index (χ3n) is 5.01. The summed E-state index contributed by atoms with van der Waals surface area (Å²) in [6, 6.07) is 6.17. The van der Waals surface area contributed by atoms with Gasteiger partial charge in [0.25, 0.3) is 0 Å². The van der Waals surface area contributed by atoms with Crippen molar-refractivity contribution in [3.63, 3.8) is 0 Å². The molecule has 140 valence electrons. The fraction of sp³-hybridized carbons (Fsp3) is 0.684. The van der Waals surface area contributed by atoms with Gasteiger partial charge in [0.1, 0.15) is 0 Å². The van der Waals surface area contributed by atoms with Crippen LogP contribution in [0.5, 0.6) is 0 Å². The number of piperazine rings is 1. The average Bonchev–Trinajstić information content (AvgIpc) is 2.55. The summed E-state index contributed by atoms with van der Waals surface area (Å²) in [5.41, 5.74) is 1.11. The number of urea groups is 1. The molecule has 0 radical (unpaired) electrons. The summed E-state index contributed by atoms with van der Waals surface area (Å²) < 4.78 is 0. The maximum Gasteiger partial charge on any atom is 0.317 e. The first-order valence-corrected chi connectivity index (χ1v) is 9.10. The zero-order valence-corrected chi connectivity index (χ0v) is 16.3. The summed E-state index contributed by atoms with van der Waals surface area (Å²) in [6.45, 7) is 11.6. The van der Waals surface area contributed by atoms with E-state index in [1.807, 2.05) is 29.3 Å². The first-order valence-electron chi connectivity index (χ1n) is 9.10. The average molecular weight is 348 g/mol. The summed E-state index contributed by atoms with van der Waals surface area (Å²) >= 11 is 0. The van der Waals surface area contributed by atoms with Gasteiger partial charge in [0.05, 0.1) is 5.69 Å². The van der Waals surface area contributed by atoms with Crippen LogP contribution in [0, 0.1) is 5.41 Å². The minimum Gasteiger partial charge on any atom is -0.335 e. The van der Waals surface area contributed by atoms with Crippen molar-refractivity contribution in [2.24, 2.45) is 5.41 Å². The van der Waals surface area contributed by atoms with Gasteiger partial charge in [-0.05, 0) is 38.6 Å². The van der Waals surface area contributed by atoms with Crippen LogP contribution in [0.1, 0.15) is 26.5 Å². The van der Waals surface area contributed by atoms with E-state index in [0.29, 0.717) is 0 Å². The molecule has 1 aliphatic heterocycles. The van der Waals surface area contributed by atoms with Crippen molar-refractivity contribution < 1.29 is 4.79 Å². The first kappa shape index (κ1) is 19.7. The van der Waals surface area contributed by atoms with Crippen molar-refractivity contribution >= 4 is 6.03 Å². The van der Waals surface area contributed by atoms with Gasteiger partial charge in [-0.2, -0.15) is 0 Å². The molecule has 6 heteroatoms. The second-order valence-corrected chi connectivity index (χ2v) is 7.98. The van der Waals surface area contributed by atoms with Crippen LogP contribution in [0.15, 0.2) is 24.4 Å². The molecule has 0 aliphatic carbocycles. The highest BCUT2D eigenvalue weighted by atomic mass is 16.2. The van der Waals surface area contributed by atoms with Gasteiger partial charge in [-0.1, -0.05) is 19.9 Å². The number of nitrogens with one attached hydrogen (secondary N) is 1. The van der Waals surface area contributed by atoms with Gasteiger partial charge in [0, 0.05) is 51.5 Å². The Kier molecular flexibility index (Phi) is 6.79. The summed E-state index contributed by atoms with van der Waals surface area (Å²) in [4.78, 5) is 23.4. The number of hydrogen-bond acceptors (Lipinski definition) is 4. The lowest BCUT2D eigenvalue weighted by atomic mass is 9.85. The van der Waals surface area contributed by atoms with Gasteiger partial charge >= 0.3 is 6.03 Å². The van der Waals surface area contributed by atoms with Crippen LogP contribution in [0.25, 0.3) is 0 Å². The molecule has 1 atom stereocenters. The van der Waals surface area contributed by atoms with E-state index in [1.54, 1.807) is 0 Å². The molecule has 2 heterocycles. The molecular formula is C19H33N5O. The number of hydrogen-bond donors (Lipinski definition) is 1. The lowest BCUT2D eigenvalue weighted by Gasteiger charge is -2.38. The monoisotopic (exact) mass is 347 g/mol. The minimum absolute atomic E-state index is 0.0277. The molecule has 1 aliphatic rings. The third-order valence-corrected chi connectivity index (χ3v) is 5.01. The largest absolute Gasteiger partial charge is 0.335 e. The maximum atomic E-state index is 12.6. The summed E-state index contributed by atoms with van der Waals surface area (Å²) in [6.07, 6.45) is 1.83. The molecule has 2 amide bonds. The van der Waals surface area contributed by atoms with Crippen LogP contribution >= 0.6 is 0 Å². The molecule has 1 aromatic heterocycles. The van der Waals surface area contributed by atoms with Crippen LogP contribution in [-0.2, 0) is 6.54 Å². The third kappa shape index (κ3) is 5.97. The van der Waals surface area contributed by atoms with Crippen LogP contribution in [0.2, 0.25) is 0 Å². The predicted molar refractivity (Wildman–Crippen MR) is 101 cm³/mol. The van der Waals surface area contributed by atoms with Gasteiger partial charge < -0.3 is 15.1 Å². The highest BCUT2D eigenvalue weighted by molar-refractivity contribution is 5.74. The molecule has 0 spiro atoms. The van der Waals surface area contributed by atoms with Crippen LogP contribution in [-0.4, -0.2) is 78.6 Å². The molecule has 6 nitrogen and oxygen atoms in total. The van der Waals surface area contributed by atoms with Gasteiger partial charge in [-0.25, -0.2) is 4.79 Å². The number of pyridine rings is 1.